The molecule has 1 aliphatic carbocycles. The van der Waals surface area contributed by atoms with E-state index in [2.05, 4.69) is 19.2 Å². The molecule has 1 aromatic carbocycles. The van der Waals surface area contributed by atoms with Crippen LogP contribution in [0.1, 0.15) is 68.2 Å². The Hall–Kier alpha value is -1.97. The highest BCUT2D eigenvalue weighted by atomic mass is 16.2. The lowest BCUT2D eigenvalue weighted by Crippen LogP contribution is -2.35. The van der Waals surface area contributed by atoms with Gasteiger partial charge in [0.15, 0.2) is 5.78 Å². The van der Waals surface area contributed by atoms with E-state index < -0.39 is 11.8 Å². The van der Waals surface area contributed by atoms with Gasteiger partial charge in [0.1, 0.15) is 11.7 Å². The zero-order chi connectivity index (χ0) is 19.6. The van der Waals surface area contributed by atoms with E-state index in [-0.39, 0.29) is 36.4 Å². The van der Waals surface area contributed by atoms with Gasteiger partial charge in [-0.2, -0.15) is 0 Å². The average molecular weight is 357 g/mol. The number of ketones is 2. The number of benzene rings is 1. The minimum atomic E-state index is -0.707. The fourth-order valence-electron chi connectivity index (χ4n) is 4.30. The Morgan fingerprint density at radius 2 is 1.69 bits per heavy atom. The Kier molecular flexibility index (Phi) is 6.38. The molecule has 0 bridgehead atoms. The summed E-state index contributed by atoms with van der Waals surface area (Å²) in [6, 6.07) is 4.10. The number of aryl methyl sites for hydroxylation is 3. The molecular formula is C22H31NO3. The van der Waals surface area contributed by atoms with E-state index >= 15 is 0 Å². The maximum Gasteiger partial charge on any atom is 0.220 e. The number of hydrogen-bond donors (Lipinski definition) is 1. The molecule has 1 amide bonds. The maximum atomic E-state index is 12.9. The van der Waals surface area contributed by atoms with E-state index in [4.69, 9.17) is 0 Å². The predicted octanol–water partition coefficient (Wildman–Crippen LogP) is 3.79. The van der Waals surface area contributed by atoms with Gasteiger partial charge in [0, 0.05) is 24.8 Å². The summed E-state index contributed by atoms with van der Waals surface area (Å²) in [4.78, 5) is 37.8. The Balaban J connectivity index is 2.11. The summed E-state index contributed by atoms with van der Waals surface area (Å²) in [5, 5.41) is 2.96. The van der Waals surface area contributed by atoms with Crippen LogP contribution in [0.2, 0.25) is 0 Å². The van der Waals surface area contributed by atoms with Crippen LogP contribution in [0, 0.1) is 32.6 Å². The van der Waals surface area contributed by atoms with Crippen LogP contribution in [0.15, 0.2) is 12.1 Å². The van der Waals surface area contributed by atoms with Gasteiger partial charge in [-0.05, 0) is 56.7 Å². The number of Topliss-reactive ketones (excluding diaryl/α,β-unsaturated/α-hetero) is 2. The molecule has 0 saturated heterocycles. The predicted molar refractivity (Wildman–Crippen MR) is 103 cm³/mol. The van der Waals surface area contributed by atoms with Crippen LogP contribution < -0.4 is 5.32 Å². The second kappa shape index (κ2) is 8.15. The Bertz CT molecular complexity index is 697. The Labute approximate surface area is 156 Å². The fourth-order valence-corrected chi connectivity index (χ4v) is 4.30. The summed E-state index contributed by atoms with van der Waals surface area (Å²) in [6.07, 6.45) is 1.17. The molecule has 1 saturated carbocycles. The monoisotopic (exact) mass is 357 g/mol. The van der Waals surface area contributed by atoms with Crippen molar-refractivity contribution in [2.75, 3.05) is 0 Å². The van der Waals surface area contributed by atoms with E-state index in [9.17, 15) is 14.4 Å². The van der Waals surface area contributed by atoms with Gasteiger partial charge in [0.05, 0.1) is 0 Å². The normalized spacial score (nSPS) is 21.3. The topological polar surface area (TPSA) is 63.2 Å². The van der Waals surface area contributed by atoms with Crippen molar-refractivity contribution in [3.8, 4) is 0 Å². The number of rotatable bonds is 6. The number of nitrogens with one attached hydrogen (secondary N) is 1. The van der Waals surface area contributed by atoms with Gasteiger partial charge in [-0.15, -0.1) is 0 Å². The van der Waals surface area contributed by atoms with Gasteiger partial charge < -0.3 is 5.32 Å². The first-order valence-electron chi connectivity index (χ1n) is 9.53. The lowest BCUT2D eigenvalue weighted by molar-refractivity contribution is -0.129. The highest BCUT2D eigenvalue weighted by Crippen LogP contribution is 2.37. The summed E-state index contributed by atoms with van der Waals surface area (Å²) < 4.78 is 0. The summed E-state index contributed by atoms with van der Waals surface area (Å²) in [5.74, 6) is -1.01. The quantitative estimate of drug-likeness (QED) is 0.788. The highest BCUT2D eigenvalue weighted by molar-refractivity contribution is 6.15. The fraction of sp³-hybridized carbons (Fsp3) is 0.591. The first-order valence-corrected chi connectivity index (χ1v) is 9.53. The molecule has 4 heteroatoms. The third-order valence-electron chi connectivity index (χ3n) is 5.15. The molecule has 0 aromatic heterocycles. The van der Waals surface area contributed by atoms with Gasteiger partial charge in [-0.1, -0.05) is 31.5 Å². The van der Waals surface area contributed by atoms with Gasteiger partial charge in [-0.25, -0.2) is 0 Å². The van der Waals surface area contributed by atoms with Crippen molar-refractivity contribution in [2.24, 2.45) is 11.8 Å². The molecule has 3 atom stereocenters. The van der Waals surface area contributed by atoms with E-state index in [1.54, 1.807) is 0 Å². The molecule has 1 aliphatic rings. The van der Waals surface area contributed by atoms with Crippen LogP contribution in [0.5, 0.6) is 0 Å². The zero-order valence-corrected chi connectivity index (χ0v) is 16.8. The van der Waals surface area contributed by atoms with Crippen LogP contribution in [-0.2, 0) is 14.4 Å². The van der Waals surface area contributed by atoms with Crippen molar-refractivity contribution in [3.63, 3.8) is 0 Å². The van der Waals surface area contributed by atoms with Crippen molar-refractivity contribution < 1.29 is 14.4 Å². The van der Waals surface area contributed by atoms with Crippen LogP contribution in [0.25, 0.3) is 0 Å². The van der Waals surface area contributed by atoms with Gasteiger partial charge in [0.25, 0.3) is 0 Å². The molecule has 1 fully saturated rings. The highest BCUT2D eigenvalue weighted by Gasteiger charge is 2.43. The third kappa shape index (κ3) is 4.60. The Morgan fingerprint density at radius 1 is 1.12 bits per heavy atom. The molecule has 142 valence electrons. The molecule has 0 aliphatic heterocycles. The second-order valence-electron chi connectivity index (χ2n) is 8.32. The van der Waals surface area contributed by atoms with E-state index in [1.807, 2.05) is 39.8 Å². The molecule has 3 unspecified atom stereocenters. The van der Waals surface area contributed by atoms with Crippen LogP contribution in [0.3, 0.4) is 0 Å². The standard InChI is InChI=1S/C22H31NO3/c1-12(2)7-16(6)23-19(25)11-17-10-18(24)21(22(17)26)20-14(4)8-13(3)9-15(20)5/h8-9,12,16-17,21H,7,10-11H2,1-6H3,(H,23,25). The van der Waals surface area contributed by atoms with E-state index in [0.717, 1.165) is 28.7 Å². The van der Waals surface area contributed by atoms with Crippen molar-refractivity contribution in [1.29, 1.82) is 0 Å². The van der Waals surface area contributed by atoms with Crippen molar-refractivity contribution in [3.05, 3.63) is 34.4 Å². The minimum Gasteiger partial charge on any atom is -0.354 e. The van der Waals surface area contributed by atoms with Crippen LogP contribution in [0.4, 0.5) is 0 Å². The van der Waals surface area contributed by atoms with Gasteiger partial charge in [-0.3, -0.25) is 14.4 Å². The molecular weight excluding hydrogens is 326 g/mol. The van der Waals surface area contributed by atoms with Crippen molar-refractivity contribution in [2.45, 2.75) is 72.8 Å². The first kappa shape index (κ1) is 20.3. The maximum absolute atomic E-state index is 12.9. The summed E-state index contributed by atoms with van der Waals surface area (Å²) in [7, 11) is 0. The molecule has 0 radical (unpaired) electrons. The lowest BCUT2D eigenvalue weighted by Gasteiger charge is -2.18. The molecule has 1 N–H and O–H groups in total. The van der Waals surface area contributed by atoms with Crippen LogP contribution in [-0.4, -0.2) is 23.5 Å². The largest absolute Gasteiger partial charge is 0.354 e. The SMILES string of the molecule is Cc1cc(C)c(C2C(=O)CC(CC(=O)NC(C)CC(C)C)C2=O)c(C)c1. The second-order valence-corrected chi connectivity index (χ2v) is 8.32. The van der Waals surface area contributed by atoms with E-state index in [0.29, 0.717) is 5.92 Å². The molecule has 26 heavy (non-hydrogen) atoms. The van der Waals surface area contributed by atoms with Crippen molar-refractivity contribution >= 4 is 17.5 Å². The van der Waals surface area contributed by atoms with Gasteiger partial charge >= 0.3 is 0 Å². The van der Waals surface area contributed by atoms with Crippen molar-refractivity contribution in [1.82, 2.24) is 5.32 Å². The molecule has 1 aromatic rings. The molecule has 4 nitrogen and oxygen atoms in total. The molecule has 0 spiro atoms. The average Bonchev–Trinajstić information content (AvgIpc) is 2.72. The zero-order valence-electron chi connectivity index (χ0n) is 16.8. The summed E-state index contributed by atoms with van der Waals surface area (Å²) in [6.45, 7) is 12.1. The van der Waals surface area contributed by atoms with Gasteiger partial charge in [0.2, 0.25) is 5.91 Å². The smallest absolute Gasteiger partial charge is 0.220 e. The molecule has 0 heterocycles. The minimum absolute atomic E-state index is 0.0573. The first-order chi connectivity index (χ1) is 12.1. The van der Waals surface area contributed by atoms with Crippen LogP contribution >= 0.6 is 0 Å². The lowest BCUT2D eigenvalue weighted by atomic mass is 9.86. The number of hydrogen-bond acceptors (Lipinski definition) is 3. The molecule has 2 rings (SSSR count). The number of carbonyl (C=O) groups is 3. The van der Waals surface area contributed by atoms with E-state index in [1.165, 1.54) is 0 Å². The summed E-state index contributed by atoms with van der Waals surface area (Å²) in [5.41, 5.74) is 3.91. The number of carbonyl (C=O) groups excluding carboxylic acids is 3. The summed E-state index contributed by atoms with van der Waals surface area (Å²) >= 11 is 0. The number of amides is 1. The Morgan fingerprint density at radius 3 is 2.23 bits per heavy atom. The third-order valence-corrected chi connectivity index (χ3v) is 5.15.